The molecular weight excluding hydrogens is 455 g/mol. The molecule has 0 saturated heterocycles. The highest BCUT2D eigenvalue weighted by Crippen LogP contribution is 2.33. The number of carbonyl (C=O) groups is 2. The van der Waals surface area contributed by atoms with Gasteiger partial charge in [-0.1, -0.05) is 25.1 Å². The van der Waals surface area contributed by atoms with Gasteiger partial charge in [-0.15, -0.1) is 11.3 Å². The molecule has 1 aliphatic heterocycles. The summed E-state index contributed by atoms with van der Waals surface area (Å²) in [6.45, 7) is 4.72. The number of rotatable bonds is 9. The van der Waals surface area contributed by atoms with Crippen LogP contribution < -0.4 is 9.47 Å². The van der Waals surface area contributed by atoms with Crippen molar-refractivity contribution in [3.8, 4) is 11.5 Å². The van der Waals surface area contributed by atoms with Crippen molar-refractivity contribution in [3.05, 3.63) is 81.8 Å². The Kier molecular flexibility index (Phi) is 7.47. The second-order valence-corrected chi connectivity index (χ2v) is 9.25. The molecule has 6 nitrogen and oxygen atoms in total. The Balaban J connectivity index is 1.55. The van der Waals surface area contributed by atoms with Crippen LogP contribution in [0.1, 0.15) is 41.1 Å². The van der Waals surface area contributed by atoms with Crippen molar-refractivity contribution in [1.82, 2.24) is 9.80 Å². The number of amides is 2. The second-order valence-electron chi connectivity index (χ2n) is 8.21. The fourth-order valence-electron chi connectivity index (χ4n) is 3.72. The molecule has 8 heteroatoms. The summed E-state index contributed by atoms with van der Waals surface area (Å²) in [4.78, 5) is 31.3. The molecule has 3 aromatic rings. The molecule has 2 heterocycles. The second kappa shape index (κ2) is 10.7. The van der Waals surface area contributed by atoms with E-state index in [1.165, 1.54) is 12.1 Å². The molecule has 2 amide bonds. The van der Waals surface area contributed by atoms with Gasteiger partial charge in [0.1, 0.15) is 12.4 Å². The first kappa shape index (κ1) is 23.8. The molecule has 34 heavy (non-hydrogen) atoms. The Labute approximate surface area is 202 Å². The summed E-state index contributed by atoms with van der Waals surface area (Å²) in [6, 6.07) is 15.0. The minimum Gasteiger partial charge on any atom is -0.454 e. The van der Waals surface area contributed by atoms with Crippen LogP contribution in [0.3, 0.4) is 0 Å². The van der Waals surface area contributed by atoms with Crippen molar-refractivity contribution in [2.45, 2.75) is 39.4 Å². The zero-order valence-electron chi connectivity index (χ0n) is 19.2. The summed E-state index contributed by atoms with van der Waals surface area (Å²) < 4.78 is 24.1. The van der Waals surface area contributed by atoms with E-state index in [9.17, 15) is 14.0 Å². The van der Waals surface area contributed by atoms with Gasteiger partial charge < -0.3 is 19.3 Å². The molecule has 0 saturated carbocycles. The lowest BCUT2D eigenvalue weighted by molar-refractivity contribution is -0.133. The van der Waals surface area contributed by atoms with E-state index in [4.69, 9.17) is 9.47 Å². The zero-order valence-corrected chi connectivity index (χ0v) is 20.0. The van der Waals surface area contributed by atoms with E-state index < -0.39 is 0 Å². The van der Waals surface area contributed by atoms with Crippen LogP contribution in [0.25, 0.3) is 0 Å². The van der Waals surface area contributed by atoms with Crippen LogP contribution in [-0.4, -0.2) is 41.0 Å². The Morgan fingerprint density at radius 3 is 2.53 bits per heavy atom. The predicted molar refractivity (Wildman–Crippen MR) is 128 cm³/mol. The molecular formula is C26H27FN2O4S. The van der Waals surface area contributed by atoms with E-state index in [1.54, 1.807) is 51.5 Å². The summed E-state index contributed by atoms with van der Waals surface area (Å²) >= 11 is 1.57. The monoisotopic (exact) mass is 482 g/mol. The zero-order chi connectivity index (χ0) is 24.1. The summed E-state index contributed by atoms with van der Waals surface area (Å²) in [5, 5.41) is 1.96. The number of ether oxygens (including phenoxy) is 2. The molecule has 1 aromatic heterocycles. The number of thiophene rings is 1. The fourth-order valence-corrected chi connectivity index (χ4v) is 4.44. The van der Waals surface area contributed by atoms with Gasteiger partial charge in [0, 0.05) is 23.0 Å². The van der Waals surface area contributed by atoms with Crippen LogP contribution in [0.15, 0.2) is 60.0 Å². The quantitative estimate of drug-likeness (QED) is 0.427. The highest BCUT2D eigenvalue weighted by atomic mass is 32.1. The molecule has 0 bridgehead atoms. The van der Waals surface area contributed by atoms with Crippen LogP contribution in [-0.2, 0) is 17.9 Å². The Hall–Kier alpha value is -3.39. The van der Waals surface area contributed by atoms with Gasteiger partial charge >= 0.3 is 0 Å². The van der Waals surface area contributed by atoms with Gasteiger partial charge in [-0.25, -0.2) is 4.39 Å². The molecule has 0 radical (unpaired) electrons. The van der Waals surface area contributed by atoms with E-state index in [1.807, 2.05) is 31.4 Å². The lowest BCUT2D eigenvalue weighted by Crippen LogP contribution is -2.46. The number of fused-ring (bicyclic) bond motifs is 1. The van der Waals surface area contributed by atoms with Crippen molar-refractivity contribution in [2.75, 3.05) is 13.3 Å². The molecule has 0 fully saturated rings. The first-order valence-corrected chi connectivity index (χ1v) is 12.1. The summed E-state index contributed by atoms with van der Waals surface area (Å²) in [7, 11) is 0. The number of halogens is 1. The first-order chi connectivity index (χ1) is 16.4. The van der Waals surface area contributed by atoms with E-state index in [0.717, 1.165) is 10.4 Å². The van der Waals surface area contributed by atoms with Crippen molar-refractivity contribution < 1.29 is 23.5 Å². The van der Waals surface area contributed by atoms with Crippen molar-refractivity contribution in [2.24, 2.45) is 0 Å². The van der Waals surface area contributed by atoms with E-state index >= 15 is 0 Å². The van der Waals surface area contributed by atoms with Crippen molar-refractivity contribution >= 4 is 23.2 Å². The Morgan fingerprint density at radius 2 is 1.82 bits per heavy atom. The molecule has 1 atom stereocenters. The normalized spacial score (nSPS) is 12.9. The third kappa shape index (κ3) is 5.56. The highest BCUT2D eigenvalue weighted by molar-refractivity contribution is 7.09. The first-order valence-electron chi connectivity index (χ1n) is 11.2. The summed E-state index contributed by atoms with van der Waals surface area (Å²) in [6.07, 6.45) is 0.701. The fraction of sp³-hybridized carbons (Fsp3) is 0.308. The van der Waals surface area contributed by atoms with E-state index in [0.29, 0.717) is 36.6 Å². The Morgan fingerprint density at radius 1 is 1.06 bits per heavy atom. The number of hydrogen-bond acceptors (Lipinski definition) is 5. The van der Waals surface area contributed by atoms with Gasteiger partial charge in [-0.2, -0.15) is 0 Å². The van der Waals surface area contributed by atoms with Gasteiger partial charge in [0.15, 0.2) is 11.5 Å². The molecule has 0 spiro atoms. The lowest BCUT2D eigenvalue weighted by Gasteiger charge is -2.31. The topological polar surface area (TPSA) is 59.1 Å². The number of hydrogen-bond donors (Lipinski definition) is 0. The van der Waals surface area contributed by atoms with Gasteiger partial charge in [0.25, 0.3) is 5.91 Å². The summed E-state index contributed by atoms with van der Waals surface area (Å²) in [5.41, 5.74) is 1.27. The largest absolute Gasteiger partial charge is 0.454 e. The molecule has 178 valence electrons. The molecule has 2 aromatic carbocycles. The van der Waals surface area contributed by atoms with Crippen LogP contribution >= 0.6 is 11.3 Å². The maximum absolute atomic E-state index is 13.5. The molecule has 4 rings (SSSR count). The maximum Gasteiger partial charge on any atom is 0.254 e. The minimum atomic E-state index is -0.322. The van der Waals surface area contributed by atoms with E-state index in [-0.39, 0.29) is 37.0 Å². The minimum absolute atomic E-state index is 0.0607. The average Bonchev–Trinajstić information content (AvgIpc) is 3.54. The predicted octanol–water partition coefficient (Wildman–Crippen LogP) is 5.09. The van der Waals surface area contributed by atoms with Gasteiger partial charge in [-0.3, -0.25) is 9.59 Å². The van der Waals surface area contributed by atoms with Crippen LogP contribution in [0.4, 0.5) is 4.39 Å². The smallest absolute Gasteiger partial charge is 0.254 e. The lowest BCUT2D eigenvalue weighted by atomic mass is 10.1. The number of carbonyl (C=O) groups excluding carboxylic acids is 2. The van der Waals surface area contributed by atoms with Gasteiger partial charge in [-0.05, 0) is 60.7 Å². The van der Waals surface area contributed by atoms with Crippen LogP contribution in [0.2, 0.25) is 0 Å². The third-order valence-electron chi connectivity index (χ3n) is 5.88. The number of benzene rings is 2. The Bertz CT molecular complexity index is 1130. The standard InChI is InChI=1S/C26H27FN2O4S/c1-3-18(2)29(26(31)20-8-11-23-24(13-20)33-17-32-23)16-25(30)28(15-22-5-4-12-34-22)14-19-6-9-21(27)10-7-19/h4-13,18H,3,14-17H2,1-2H3/t18-/m0/s1. The van der Waals surface area contributed by atoms with Gasteiger partial charge in [0.2, 0.25) is 12.7 Å². The van der Waals surface area contributed by atoms with Crippen LogP contribution in [0, 0.1) is 5.82 Å². The average molecular weight is 483 g/mol. The molecule has 1 aliphatic rings. The number of nitrogens with zero attached hydrogens (tertiary/aromatic N) is 2. The highest BCUT2D eigenvalue weighted by Gasteiger charge is 2.27. The maximum atomic E-state index is 13.5. The SMILES string of the molecule is CC[C@H](C)N(CC(=O)N(Cc1ccc(F)cc1)Cc1cccs1)C(=O)c1ccc2c(c1)OCO2. The molecule has 0 aliphatic carbocycles. The van der Waals surface area contributed by atoms with Crippen molar-refractivity contribution in [1.29, 1.82) is 0 Å². The van der Waals surface area contributed by atoms with Gasteiger partial charge in [0.05, 0.1) is 6.54 Å². The third-order valence-corrected chi connectivity index (χ3v) is 6.74. The van der Waals surface area contributed by atoms with E-state index in [2.05, 4.69) is 0 Å². The molecule has 0 unspecified atom stereocenters. The molecule has 0 N–H and O–H groups in total. The summed E-state index contributed by atoms with van der Waals surface area (Å²) in [5.74, 6) is 0.393. The van der Waals surface area contributed by atoms with Crippen LogP contribution in [0.5, 0.6) is 11.5 Å². The van der Waals surface area contributed by atoms with Crippen molar-refractivity contribution in [3.63, 3.8) is 0 Å².